The number of aromatic nitrogens is 1. The zero-order valence-corrected chi connectivity index (χ0v) is 19.6. The van der Waals surface area contributed by atoms with E-state index in [0.717, 1.165) is 30.3 Å². The molecule has 1 atom stereocenters. The van der Waals surface area contributed by atoms with Crippen molar-refractivity contribution in [3.63, 3.8) is 0 Å². The maximum atomic E-state index is 13.2. The third-order valence-corrected chi connectivity index (χ3v) is 6.02. The van der Waals surface area contributed by atoms with E-state index in [9.17, 15) is 14.4 Å². The Morgan fingerprint density at radius 3 is 2.38 bits per heavy atom. The third kappa shape index (κ3) is 5.37. The van der Waals surface area contributed by atoms with Crippen molar-refractivity contribution in [2.75, 3.05) is 43.1 Å². The van der Waals surface area contributed by atoms with Gasteiger partial charge in [0.1, 0.15) is 5.69 Å². The number of anilines is 3. The minimum atomic E-state index is -0.404. The summed E-state index contributed by atoms with van der Waals surface area (Å²) in [4.78, 5) is 44.2. The number of urea groups is 1. The highest BCUT2D eigenvalue weighted by molar-refractivity contribution is 6.08. The van der Waals surface area contributed by atoms with Crippen LogP contribution < -0.4 is 16.0 Å². The Kier molecular flexibility index (Phi) is 6.83. The van der Waals surface area contributed by atoms with Crippen LogP contribution in [0.4, 0.5) is 21.9 Å². The Labute approximate surface area is 198 Å². The fraction of sp³-hybridized carbons (Fsp3) is 0.320. The van der Waals surface area contributed by atoms with Crippen LogP contribution in [0, 0.1) is 0 Å². The van der Waals surface area contributed by atoms with Crippen molar-refractivity contribution >= 4 is 45.8 Å². The van der Waals surface area contributed by atoms with Crippen LogP contribution in [-0.4, -0.2) is 65.9 Å². The zero-order chi connectivity index (χ0) is 24.2. The number of piperidine rings is 1. The largest absolute Gasteiger partial charge is 0.350 e. The Bertz CT molecular complexity index is 1200. The quantitative estimate of drug-likeness (QED) is 0.460. The van der Waals surface area contributed by atoms with Crippen molar-refractivity contribution < 1.29 is 14.4 Å². The molecule has 0 aliphatic carbocycles. The second-order valence-electron chi connectivity index (χ2n) is 8.80. The molecule has 4 amide bonds. The van der Waals surface area contributed by atoms with Crippen molar-refractivity contribution in [3.05, 3.63) is 54.2 Å². The van der Waals surface area contributed by atoms with Gasteiger partial charge in [-0.25, -0.2) is 4.79 Å². The summed E-state index contributed by atoms with van der Waals surface area (Å²) in [5.74, 6) is -0.189. The zero-order valence-electron chi connectivity index (χ0n) is 19.6. The van der Waals surface area contributed by atoms with E-state index in [-0.39, 0.29) is 11.8 Å². The number of hydrogen-bond donors (Lipinski definition) is 4. The number of rotatable bonds is 5. The number of nitrogens with zero attached hydrogens (tertiary/aromatic N) is 2. The molecule has 2 heterocycles. The summed E-state index contributed by atoms with van der Waals surface area (Å²) in [5, 5.41) is 9.09. The number of likely N-dealkylation sites (tertiary alicyclic amines) is 1. The van der Waals surface area contributed by atoms with Crippen LogP contribution in [0.2, 0.25) is 0 Å². The summed E-state index contributed by atoms with van der Waals surface area (Å²) in [6.45, 7) is 2.88. The molecule has 9 nitrogen and oxygen atoms in total. The number of amides is 4. The van der Waals surface area contributed by atoms with Crippen LogP contribution in [0.1, 0.15) is 30.3 Å². The number of H-pyrrole nitrogens is 1. The Balaban J connectivity index is 1.46. The minimum absolute atomic E-state index is 0.0302. The molecule has 4 N–H and O–H groups in total. The summed E-state index contributed by atoms with van der Waals surface area (Å²) in [7, 11) is 4.09. The second kappa shape index (κ2) is 9.96. The number of aromatic amines is 1. The van der Waals surface area contributed by atoms with Gasteiger partial charge in [0, 0.05) is 48.3 Å². The number of hydrogen-bond acceptors (Lipinski definition) is 4. The Morgan fingerprint density at radius 2 is 1.71 bits per heavy atom. The van der Waals surface area contributed by atoms with Crippen LogP contribution in [0.15, 0.2) is 48.5 Å². The lowest BCUT2D eigenvalue weighted by atomic mass is 10.0. The van der Waals surface area contributed by atoms with Gasteiger partial charge in [-0.05, 0) is 69.4 Å². The first-order valence-electron chi connectivity index (χ1n) is 11.3. The molecule has 4 rings (SSSR count). The highest BCUT2D eigenvalue weighted by Gasteiger charge is 2.26. The van der Waals surface area contributed by atoms with Crippen molar-refractivity contribution in [3.8, 4) is 0 Å². The SMILES string of the molecule is CC(=O)Nc1ccc(NC(=O)Nc2cccc3[nH]c(C(=O)N4CCCC(N(C)C)C4)cc23)cc1. The third-order valence-electron chi connectivity index (χ3n) is 6.02. The van der Waals surface area contributed by atoms with E-state index in [4.69, 9.17) is 0 Å². The molecule has 1 fully saturated rings. The number of carbonyl (C=O) groups is 3. The highest BCUT2D eigenvalue weighted by Crippen LogP contribution is 2.26. The van der Waals surface area contributed by atoms with Gasteiger partial charge in [-0.1, -0.05) is 6.07 Å². The van der Waals surface area contributed by atoms with Gasteiger partial charge in [-0.3, -0.25) is 9.59 Å². The lowest BCUT2D eigenvalue weighted by Crippen LogP contribution is -2.47. The van der Waals surface area contributed by atoms with Crippen LogP contribution in [-0.2, 0) is 4.79 Å². The lowest BCUT2D eigenvalue weighted by molar-refractivity contribution is -0.114. The summed E-state index contributed by atoms with van der Waals surface area (Å²) in [6, 6.07) is 14.1. The topological polar surface area (TPSA) is 110 Å². The van der Waals surface area contributed by atoms with Crippen LogP contribution >= 0.6 is 0 Å². The van der Waals surface area contributed by atoms with E-state index in [0.29, 0.717) is 35.3 Å². The number of carbonyl (C=O) groups excluding carboxylic acids is 3. The van der Waals surface area contributed by atoms with Gasteiger partial charge < -0.3 is 30.7 Å². The smallest absolute Gasteiger partial charge is 0.323 e. The molecule has 1 aromatic heterocycles. The summed E-state index contributed by atoms with van der Waals surface area (Å²) in [6.07, 6.45) is 2.07. The summed E-state index contributed by atoms with van der Waals surface area (Å²) >= 11 is 0. The first-order chi connectivity index (χ1) is 16.3. The average Bonchev–Trinajstić information content (AvgIpc) is 3.25. The highest BCUT2D eigenvalue weighted by atomic mass is 16.2. The summed E-state index contributed by atoms with van der Waals surface area (Å²) in [5.41, 5.74) is 3.13. The first-order valence-corrected chi connectivity index (χ1v) is 11.3. The molecule has 178 valence electrons. The van der Waals surface area contributed by atoms with Crippen molar-refractivity contribution in [1.82, 2.24) is 14.8 Å². The molecule has 34 heavy (non-hydrogen) atoms. The van der Waals surface area contributed by atoms with Gasteiger partial charge in [0.25, 0.3) is 5.91 Å². The molecule has 0 bridgehead atoms. The maximum Gasteiger partial charge on any atom is 0.323 e. The van der Waals surface area contributed by atoms with E-state index in [1.165, 1.54) is 6.92 Å². The predicted molar refractivity (Wildman–Crippen MR) is 134 cm³/mol. The monoisotopic (exact) mass is 462 g/mol. The molecule has 1 unspecified atom stereocenters. The molecule has 0 spiro atoms. The van der Waals surface area contributed by atoms with Crippen LogP contribution in [0.3, 0.4) is 0 Å². The number of likely N-dealkylation sites (N-methyl/N-ethyl adjacent to an activating group) is 1. The van der Waals surface area contributed by atoms with Gasteiger partial charge in [-0.2, -0.15) is 0 Å². The number of fused-ring (bicyclic) bond motifs is 1. The molecule has 2 aromatic carbocycles. The summed E-state index contributed by atoms with van der Waals surface area (Å²) < 4.78 is 0. The van der Waals surface area contributed by atoms with E-state index in [1.54, 1.807) is 36.4 Å². The molecule has 0 radical (unpaired) electrons. The minimum Gasteiger partial charge on any atom is -0.350 e. The molecular formula is C25H30N6O3. The average molecular weight is 463 g/mol. The molecule has 1 saturated heterocycles. The molecule has 9 heteroatoms. The molecule has 1 aliphatic heterocycles. The van der Waals surface area contributed by atoms with Gasteiger partial charge in [0.05, 0.1) is 5.69 Å². The molecule has 0 saturated carbocycles. The Hall–Kier alpha value is -3.85. The Morgan fingerprint density at radius 1 is 1.00 bits per heavy atom. The van der Waals surface area contributed by atoms with Crippen molar-refractivity contribution in [2.24, 2.45) is 0 Å². The van der Waals surface area contributed by atoms with Gasteiger partial charge >= 0.3 is 6.03 Å². The van der Waals surface area contributed by atoms with Gasteiger partial charge in [-0.15, -0.1) is 0 Å². The van der Waals surface area contributed by atoms with E-state index in [1.807, 2.05) is 31.1 Å². The first kappa shape index (κ1) is 23.3. The fourth-order valence-corrected chi connectivity index (χ4v) is 4.24. The van der Waals surface area contributed by atoms with Crippen LogP contribution in [0.25, 0.3) is 10.9 Å². The van der Waals surface area contributed by atoms with Gasteiger partial charge in [0.2, 0.25) is 5.91 Å². The molecule has 3 aromatic rings. The molecular weight excluding hydrogens is 432 g/mol. The van der Waals surface area contributed by atoms with Gasteiger partial charge in [0.15, 0.2) is 0 Å². The van der Waals surface area contributed by atoms with E-state index in [2.05, 4.69) is 25.8 Å². The maximum absolute atomic E-state index is 13.2. The van der Waals surface area contributed by atoms with Crippen LogP contribution in [0.5, 0.6) is 0 Å². The number of nitrogens with one attached hydrogen (secondary N) is 4. The normalized spacial score (nSPS) is 15.9. The standard InChI is InChI=1S/C25H30N6O3/c1-16(32)26-17-9-11-18(12-10-17)27-25(34)29-22-8-4-7-21-20(22)14-23(28-21)24(33)31-13-5-6-19(15-31)30(2)3/h4,7-12,14,19,28H,5-6,13,15H2,1-3H3,(H,26,32)(H2,27,29,34). The van der Waals surface area contributed by atoms with Crippen molar-refractivity contribution in [1.29, 1.82) is 0 Å². The van der Waals surface area contributed by atoms with Crippen molar-refractivity contribution in [2.45, 2.75) is 25.8 Å². The number of benzene rings is 2. The predicted octanol–water partition coefficient (Wildman–Crippen LogP) is 3.94. The second-order valence-corrected chi connectivity index (χ2v) is 8.80. The molecule has 1 aliphatic rings. The fourth-order valence-electron chi connectivity index (χ4n) is 4.24. The van der Waals surface area contributed by atoms with E-state index >= 15 is 0 Å². The van der Waals surface area contributed by atoms with E-state index < -0.39 is 6.03 Å². The lowest BCUT2D eigenvalue weighted by Gasteiger charge is -2.35.